The molecule has 5 heteroatoms. The summed E-state index contributed by atoms with van der Waals surface area (Å²) in [4.78, 5) is 25.0. The van der Waals surface area contributed by atoms with Crippen LogP contribution in [0.2, 0.25) is 0 Å². The van der Waals surface area contributed by atoms with Crippen LogP contribution in [0.5, 0.6) is 5.75 Å². The van der Waals surface area contributed by atoms with Crippen LogP contribution in [0.25, 0.3) is 0 Å². The Labute approximate surface area is 130 Å². The Balaban J connectivity index is 2.26. The molecule has 120 valence electrons. The highest BCUT2D eigenvalue weighted by Gasteiger charge is 2.29. The van der Waals surface area contributed by atoms with Gasteiger partial charge < -0.3 is 9.84 Å². The number of likely N-dealkylation sites (tertiary alicyclic amines) is 1. The maximum Gasteiger partial charge on any atom is 0.320 e. The average Bonchev–Trinajstić information content (AvgIpc) is 2.49. The van der Waals surface area contributed by atoms with Crippen molar-refractivity contribution in [2.45, 2.75) is 45.7 Å². The zero-order chi connectivity index (χ0) is 16.1. The first-order valence-electron chi connectivity index (χ1n) is 7.76. The first-order valence-corrected chi connectivity index (χ1v) is 7.76. The van der Waals surface area contributed by atoms with Gasteiger partial charge in [-0.2, -0.15) is 0 Å². The summed E-state index contributed by atoms with van der Waals surface area (Å²) in [6.45, 7) is 5.22. The number of hydrogen-bond donors (Lipinski definition) is 1. The van der Waals surface area contributed by atoms with E-state index in [0.717, 1.165) is 30.7 Å². The quantitative estimate of drug-likeness (QED) is 0.819. The molecule has 1 N–H and O–H groups in total. The van der Waals surface area contributed by atoms with E-state index in [2.05, 4.69) is 0 Å². The number of rotatable bonds is 6. The smallest absolute Gasteiger partial charge is 0.320 e. The molecule has 0 aromatic heterocycles. The first-order chi connectivity index (χ1) is 10.5. The van der Waals surface area contributed by atoms with Crippen LogP contribution < -0.4 is 4.74 Å². The first kappa shape index (κ1) is 16.5. The van der Waals surface area contributed by atoms with Gasteiger partial charge >= 0.3 is 5.97 Å². The molecule has 0 bridgehead atoms. The maximum atomic E-state index is 11.6. The van der Waals surface area contributed by atoms with Gasteiger partial charge in [0.1, 0.15) is 11.8 Å². The average molecular weight is 305 g/mol. The van der Waals surface area contributed by atoms with Gasteiger partial charge in [-0.25, -0.2) is 0 Å². The lowest BCUT2D eigenvalue weighted by molar-refractivity contribution is -0.144. The van der Waals surface area contributed by atoms with Gasteiger partial charge in [-0.3, -0.25) is 14.5 Å². The van der Waals surface area contributed by atoms with Crippen LogP contribution in [-0.4, -0.2) is 41.0 Å². The Kier molecular flexibility index (Phi) is 5.55. The molecule has 1 heterocycles. The van der Waals surface area contributed by atoms with E-state index in [-0.39, 0.29) is 5.78 Å². The Morgan fingerprint density at radius 1 is 1.36 bits per heavy atom. The summed E-state index contributed by atoms with van der Waals surface area (Å²) in [6, 6.07) is 4.92. The Bertz CT molecular complexity index is 556. The molecule has 0 amide bonds. The fourth-order valence-electron chi connectivity index (χ4n) is 2.90. The number of ketones is 1. The Hall–Kier alpha value is -1.88. The van der Waals surface area contributed by atoms with Crippen LogP contribution in [0.4, 0.5) is 0 Å². The summed E-state index contributed by atoms with van der Waals surface area (Å²) in [7, 11) is 0. The van der Waals surface area contributed by atoms with E-state index >= 15 is 0 Å². The lowest BCUT2D eigenvalue weighted by Crippen LogP contribution is -2.44. The Morgan fingerprint density at radius 2 is 2.14 bits per heavy atom. The van der Waals surface area contributed by atoms with Crippen LogP contribution in [-0.2, 0) is 11.3 Å². The zero-order valence-electron chi connectivity index (χ0n) is 13.2. The number of piperidine rings is 1. The van der Waals surface area contributed by atoms with Crippen molar-refractivity contribution < 1.29 is 19.4 Å². The van der Waals surface area contributed by atoms with E-state index < -0.39 is 12.0 Å². The lowest BCUT2D eigenvalue weighted by Gasteiger charge is -2.33. The van der Waals surface area contributed by atoms with E-state index in [1.807, 2.05) is 17.9 Å². The molecule has 0 spiro atoms. The molecule has 2 rings (SSSR count). The van der Waals surface area contributed by atoms with Crippen LogP contribution >= 0.6 is 0 Å². The molecule has 1 fully saturated rings. The van der Waals surface area contributed by atoms with Crippen molar-refractivity contribution in [3.8, 4) is 5.75 Å². The topological polar surface area (TPSA) is 66.8 Å². The fourth-order valence-corrected chi connectivity index (χ4v) is 2.90. The largest absolute Gasteiger partial charge is 0.494 e. The van der Waals surface area contributed by atoms with Crippen molar-refractivity contribution in [1.82, 2.24) is 4.90 Å². The second kappa shape index (κ2) is 7.40. The Morgan fingerprint density at radius 3 is 2.77 bits per heavy atom. The number of carboxylic acids is 1. The van der Waals surface area contributed by atoms with Crippen molar-refractivity contribution in [3.05, 3.63) is 29.3 Å². The molecule has 1 aliphatic heterocycles. The van der Waals surface area contributed by atoms with Crippen molar-refractivity contribution in [2.24, 2.45) is 0 Å². The monoisotopic (exact) mass is 305 g/mol. The SMILES string of the molecule is CCOc1ccc(C(C)=O)cc1CN1CCCCC1C(=O)O. The number of aliphatic carboxylic acids is 1. The number of ether oxygens (including phenoxy) is 1. The minimum atomic E-state index is -0.777. The molecule has 5 nitrogen and oxygen atoms in total. The number of carbonyl (C=O) groups is 2. The minimum Gasteiger partial charge on any atom is -0.494 e. The van der Waals surface area contributed by atoms with Gasteiger partial charge in [-0.05, 0) is 51.4 Å². The number of carbonyl (C=O) groups excluding carboxylic acids is 1. The highest BCUT2D eigenvalue weighted by Crippen LogP contribution is 2.26. The highest BCUT2D eigenvalue weighted by molar-refractivity contribution is 5.94. The van der Waals surface area contributed by atoms with Crippen molar-refractivity contribution in [2.75, 3.05) is 13.2 Å². The number of Topliss-reactive ketones (excluding diaryl/α,β-unsaturated/α-hetero) is 1. The third kappa shape index (κ3) is 3.85. The van der Waals surface area contributed by atoms with Crippen LogP contribution in [0.1, 0.15) is 49.0 Å². The van der Waals surface area contributed by atoms with Gasteiger partial charge in [0, 0.05) is 17.7 Å². The molecule has 1 aromatic rings. The van der Waals surface area contributed by atoms with Gasteiger partial charge in [0.05, 0.1) is 6.61 Å². The molecule has 22 heavy (non-hydrogen) atoms. The standard InChI is InChI=1S/C17H23NO4/c1-3-22-16-8-7-13(12(2)19)10-14(16)11-18-9-5-4-6-15(18)17(20)21/h7-8,10,15H,3-6,9,11H2,1-2H3,(H,20,21). The summed E-state index contributed by atoms with van der Waals surface area (Å²) in [5, 5.41) is 9.38. The molecule has 1 atom stereocenters. The number of benzene rings is 1. The molecule has 1 aliphatic rings. The third-order valence-electron chi connectivity index (χ3n) is 4.04. The van der Waals surface area contributed by atoms with Gasteiger partial charge in [-0.15, -0.1) is 0 Å². The van der Waals surface area contributed by atoms with Gasteiger partial charge in [0.15, 0.2) is 5.78 Å². The number of carboxylic acid groups (broad SMARTS) is 1. The molecule has 0 aliphatic carbocycles. The van der Waals surface area contributed by atoms with Crippen molar-refractivity contribution in [3.63, 3.8) is 0 Å². The molecule has 0 saturated carbocycles. The predicted molar refractivity (Wildman–Crippen MR) is 83.3 cm³/mol. The zero-order valence-corrected chi connectivity index (χ0v) is 13.2. The second-order valence-corrected chi connectivity index (χ2v) is 5.63. The normalized spacial score (nSPS) is 18.9. The van der Waals surface area contributed by atoms with E-state index in [9.17, 15) is 14.7 Å². The highest BCUT2D eigenvalue weighted by atomic mass is 16.5. The minimum absolute atomic E-state index is 0.00210. The fraction of sp³-hybridized carbons (Fsp3) is 0.529. The molecule has 1 aromatic carbocycles. The maximum absolute atomic E-state index is 11.6. The van der Waals surface area contributed by atoms with Gasteiger partial charge in [-0.1, -0.05) is 6.42 Å². The summed E-state index contributed by atoms with van der Waals surface area (Å²) in [5.41, 5.74) is 1.50. The number of hydrogen-bond acceptors (Lipinski definition) is 4. The van der Waals surface area contributed by atoms with Gasteiger partial charge in [0.2, 0.25) is 0 Å². The van der Waals surface area contributed by atoms with E-state index in [0.29, 0.717) is 25.1 Å². The number of nitrogens with zero attached hydrogens (tertiary/aromatic N) is 1. The molecule has 0 radical (unpaired) electrons. The summed E-state index contributed by atoms with van der Waals surface area (Å²) < 4.78 is 5.62. The second-order valence-electron chi connectivity index (χ2n) is 5.63. The molecule has 1 saturated heterocycles. The van der Waals surface area contributed by atoms with E-state index in [1.165, 1.54) is 6.92 Å². The lowest BCUT2D eigenvalue weighted by atomic mass is 10.00. The molecular weight excluding hydrogens is 282 g/mol. The van der Waals surface area contributed by atoms with Gasteiger partial charge in [0.25, 0.3) is 0 Å². The van der Waals surface area contributed by atoms with Crippen molar-refractivity contribution in [1.29, 1.82) is 0 Å². The van der Waals surface area contributed by atoms with Crippen LogP contribution in [0.3, 0.4) is 0 Å². The molecule has 1 unspecified atom stereocenters. The summed E-state index contributed by atoms with van der Waals surface area (Å²) in [6.07, 6.45) is 2.62. The molecular formula is C17H23NO4. The van der Waals surface area contributed by atoms with E-state index in [1.54, 1.807) is 12.1 Å². The predicted octanol–water partition coefficient (Wildman–Crippen LogP) is 2.73. The third-order valence-corrected chi connectivity index (χ3v) is 4.04. The summed E-state index contributed by atoms with van der Waals surface area (Å²) >= 11 is 0. The summed E-state index contributed by atoms with van der Waals surface area (Å²) in [5.74, 6) is -0.0553. The van der Waals surface area contributed by atoms with Crippen LogP contribution in [0, 0.1) is 0 Å². The van der Waals surface area contributed by atoms with E-state index in [4.69, 9.17) is 4.74 Å². The van der Waals surface area contributed by atoms with Crippen LogP contribution in [0.15, 0.2) is 18.2 Å². The van der Waals surface area contributed by atoms with Crippen molar-refractivity contribution >= 4 is 11.8 Å².